The van der Waals surface area contributed by atoms with Gasteiger partial charge >= 0.3 is 0 Å². The normalized spacial score (nSPS) is 15.9. The van der Waals surface area contributed by atoms with E-state index >= 15 is 0 Å². The van der Waals surface area contributed by atoms with Crippen LogP contribution in [0.25, 0.3) is 11.3 Å². The van der Waals surface area contributed by atoms with Crippen LogP contribution in [0, 0.1) is 11.2 Å². The highest BCUT2D eigenvalue weighted by molar-refractivity contribution is 5.84. The molecule has 104 valence electrons. The summed E-state index contributed by atoms with van der Waals surface area (Å²) in [5.74, 6) is -0.221. The number of hydrogen-bond donors (Lipinski definition) is 2. The molecule has 1 aliphatic rings. The fourth-order valence-corrected chi connectivity index (χ4v) is 2.14. The largest absolute Gasteiger partial charge is 0.351 e. The molecule has 0 unspecified atom stereocenters. The average molecular weight is 273 g/mol. The van der Waals surface area contributed by atoms with Gasteiger partial charge in [0, 0.05) is 23.1 Å². The summed E-state index contributed by atoms with van der Waals surface area (Å²) in [5.41, 5.74) is 2.13. The Bertz CT molecular complexity index is 646. The minimum absolute atomic E-state index is 0.0730. The third-order valence-corrected chi connectivity index (χ3v) is 3.82. The lowest BCUT2D eigenvalue weighted by Gasteiger charge is -2.10. The highest BCUT2D eigenvalue weighted by atomic mass is 19.1. The lowest BCUT2D eigenvalue weighted by atomic mass is 10.1. The quantitative estimate of drug-likeness (QED) is 0.899. The number of nitrogens with zero attached hydrogens (tertiary/aromatic N) is 1. The van der Waals surface area contributed by atoms with E-state index in [0.29, 0.717) is 6.54 Å². The van der Waals surface area contributed by atoms with Gasteiger partial charge < -0.3 is 5.32 Å². The predicted octanol–water partition coefficient (Wildman–Crippen LogP) is 2.63. The summed E-state index contributed by atoms with van der Waals surface area (Å²) in [5, 5.41) is 9.76. The molecule has 3 rings (SSSR count). The first kappa shape index (κ1) is 12.8. The molecule has 1 amide bonds. The Morgan fingerprint density at radius 2 is 2.30 bits per heavy atom. The third-order valence-electron chi connectivity index (χ3n) is 3.82. The zero-order valence-electron chi connectivity index (χ0n) is 11.2. The molecule has 1 aromatic heterocycles. The number of carbonyl (C=O) groups excluding carboxylic acids is 1. The summed E-state index contributed by atoms with van der Waals surface area (Å²) in [4.78, 5) is 11.9. The zero-order valence-corrected chi connectivity index (χ0v) is 11.2. The van der Waals surface area contributed by atoms with Crippen molar-refractivity contribution in [3.63, 3.8) is 0 Å². The Balaban J connectivity index is 1.75. The van der Waals surface area contributed by atoms with Gasteiger partial charge in [-0.15, -0.1) is 0 Å². The monoisotopic (exact) mass is 273 g/mol. The van der Waals surface area contributed by atoms with Crippen molar-refractivity contribution in [1.29, 1.82) is 0 Å². The first-order valence-corrected chi connectivity index (χ1v) is 6.65. The number of amides is 1. The standard InChI is InChI=1S/C15H16FN3O/c1-15(5-6-15)14(20)17-8-11-9-18-19-13(11)10-3-2-4-12(16)7-10/h2-4,7,9H,5-6,8H2,1H3,(H,17,20)(H,18,19). The second kappa shape index (κ2) is 4.74. The number of hydrogen-bond acceptors (Lipinski definition) is 2. The lowest BCUT2D eigenvalue weighted by Crippen LogP contribution is -2.29. The SMILES string of the molecule is CC1(C(=O)NCc2cn[nH]c2-c2cccc(F)c2)CC1. The number of aromatic nitrogens is 2. The van der Waals surface area contributed by atoms with Crippen LogP contribution in [0.5, 0.6) is 0 Å². The molecule has 1 fully saturated rings. The van der Waals surface area contributed by atoms with Crippen LogP contribution in [-0.2, 0) is 11.3 Å². The Morgan fingerprint density at radius 3 is 3.00 bits per heavy atom. The second-order valence-corrected chi connectivity index (χ2v) is 5.52. The first-order chi connectivity index (χ1) is 9.58. The van der Waals surface area contributed by atoms with Crippen LogP contribution in [0.4, 0.5) is 4.39 Å². The Labute approximate surface area is 116 Å². The van der Waals surface area contributed by atoms with Crippen molar-refractivity contribution >= 4 is 5.91 Å². The topological polar surface area (TPSA) is 57.8 Å². The zero-order chi connectivity index (χ0) is 14.2. The summed E-state index contributed by atoms with van der Waals surface area (Å²) < 4.78 is 13.3. The van der Waals surface area contributed by atoms with Crippen molar-refractivity contribution in [1.82, 2.24) is 15.5 Å². The van der Waals surface area contributed by atoms with E-state index in [9.17, 15) is 9.18 Å². The minimum Gasteiger partial charge on any atom is -0.351 e. The fourth-order valence-electron chi connectivity index (χ4n) is 2.14. The van der Waals surface area contributed by atoms with Gasteiger partial charge in [0.05, 0.1) is 11.9 Å². The highest BCUT2D eigenvalue weighted by Gasteiger charge is 2.44. The van der Waals surface area contributed by atoms with E-state index in [1.54, 1.807) is 12.3 Å². The molecule has 1 aliphatic carbocycles. The highest BCUT2D eigenvalue weighted by Crippen LogP contribution is 2.45. The van der Waals surface area contributed by atoms with Crippen LogP contribution in [0.1, 0.15) is 25.3 Å². The molecule has 1 saturated carbocycles. The molecule has 2 aromatic rings. The van der Waals surface area contributed by atoms with Crippen LogP contribution in [0.15, 0.2) is 30.5 Å². The summed E-state index contributed by atoms with van der Waals surface area (Å²) >= 11 is 0. The number of nitrogens with one attached hydrogen (secondary N) is 2. The van der Waals surface area contributed by atoms with Crippen LogP contribution < -0.4 is 5.32 Å². The van der Waals surface area contributed by atoms with Crippen molar-refractivity contribution in [3.8, 4) is 11.3 Å². The molecule has 0 saturated heterocycles. The Hall–Kier alpha value is -2.17. The number of benzene rings is 1. The molecule has 0 bridgehead atoms. The van der Waals surface area contributed by atoms with Gasteiger partial charge in [0.15, 0.2) is 0 Å². The summed E-state index contributed by atoms with van der Waals surface area (Å²) in [7, 11) is 0. The molecule has 1 aromatic carbocycles. The molecular weight excluding hydrogens is 257 g/mol. The molecular formula is C15H16FN3O. The van der Waals surface area contributed by atoms with Crippen molar-refractivity contribution in [2.24, 2.45) is 5.41 Å². The molecule has 2 N–H and O–H groups in total. The third kappa shape index (κ3) is 2.43. The second-order valence-electron chi connectivity index (χ2n) is 5.52. The van der Waals surface area contributed by atoms with Crippen LogP contribution in [0.3, 0.4) is 0 Å². The molecule has 0 radical (unpaired) electrons. The molecule has 4 nitrogen and oxygen atoms in total. The van der Waals surface area contributed by atoms with Crippen LogP contribution >= 0.6 is 0 Å². The summed E-state index contributed by atoms with van der Waals surface area (Å²) in [6.07, 6.45) is 3.55. The van der Waals surface area contributed by atoms with Gasteiger partial charge in [0.2, 0.25) is 5.91 Å². The van der Waals surface area contributed by atoms with Crippen LogP contribution in [-0.4, -0.2) is 16.1 Å². The van der Waals surface area contributed by atoms with Crippen molar-refractivity contribution in [3.05, 3.63) is 41.8 Å². The summed E-state index contributed by atoms with van der Waals surface area (Å²) in [6, 6.07) is 6.31. The maximum Gasteiger partial charge on any atom is 0.226 e. The van der Waals surface area contributed by atoms with Gasteiger partial charge in [0.25, 0.3) is 0 Å². The smallest absolute Gasteiger partial charge is 0.226 e. The van der Waals surface area contributed by atoms with Crippen LogP contribution in [0.2, 0.25) is 0 Å². The van der Waals surface area contributed by atoms with E-state index in [4.69, 9.17) is 0 Å². The fraction of sp³-hybridized carbons (Fsp3) is 0.333. The van der Waals surface area contributed by atoms with Crippen molar-refractivity contribution < 1.29 is 9.18 Å². The molecule has 5 heteroatoms. The van der Waals surface area contributed by atoms with Gasteiger partial charge in [0.1, 0.15) is 5.82 Å². The average Bonchev–Trinajstić information content (AvgIpc) is 3.02. The van der Waals surface area contributed by atoms with E-state index < -0.39 is 0 Å². The predicted molar refractivity (Wildman–Crippen MR) is 73.2 cm³/mol. The van der Waals surface area contributed by atoms with E-state index in [0.717, 1.165) is 29.7 Å². The van der Waals surface area contributed by atoms with Gasteiger partial charge in [-0.3, -0.25) is 9.89 Å². The number of carbonyl (C=O) groups is 1. The van der Waals surface area contributed by atoms with E-state index in [1.807, 2.05) is 13.0 Å². The summed E-state index contributed by atoms with van der Waals surface area (Å²) in [6.45, 7) is 2.36. The first-order valence-electron chi connectivity index (χ1n) is 6.65. The van der Waals surface area contributed by atoms with Gasteiger partial charge in [-0.2, -0.15) is 5.10 Å². The minimum atomic E-state index is -0.294. The maximum atomic E-state index is 13.3. The van der Waals surface area contributed by atoms with E-state index in [-0.39, 0.29) is 17.1 Å². The lowest BCUT2D eigenvalue weighted by molar-refractivity contribution is -0.125. The number of halogens is 1. The number of rotatable bonds is 4. The van der Waals surface area contributed by atoms with Gasteiger partial charge in [-0.05, 0) is 25.0 Å². The Kier molecular flexibility index (Phi) is 3.04. The van der Waals surface area contributed by atoms with E-state index in [1.165, 1.54) is 12.1 Å². The Morgan fingerprint density at radius 1 is 1.50 bits per heavy atom. The maximum absolute atomic E-state index is 13.3. The van der Waals surface area contributed by atoms with Crippen molar-refractivity contribution in [2.45, 2.75) is 26.3 Å². The molecule has 0 spiro atoms. The van der Waals surface area contributed by atoms with Gasteiger partial charge in [-0.25, -0.2) is 4.39 Å². The molecule has 20 heavy (non-hydrogen) atoms. The molecule has 0 aliphatic heterocycles. The van der Waals surface area contributed by atoms with Crippen molar-refractivity contribution in [2.75, 3.05) is 0 Å². The van der Waals surface area contributed by atoms with Gasteiger partial charge in [-0.1, -0.05) is 19.1 Å². The molecule has 1 heterocycles. The number of aromatic amines is 1. The van der Waals surface area contributed by atoms with E-state index in [2.05, 4.69) is 15.5 Å². The number of H-pyrrole nitrogens is 1. The molecule has 0 atom stereocenters.